The molecule has 0 unspecified atom stereocenters. The normalized spacial score (nSPS) is 17.3. The number of nitrogens with zero attached hydrogens (tertiary/aromatic N) is 1. The molecule has 2 nitrogen and oxygen atoms in total. The van der Waals surface area contributed by atoms with E-state index in [1.54, 1.807) is 19.5 Å². The monoisotopic (exact) mass is 200 g/mol. The predicted octanol–water partition coefficient (Wildman–Crippen LogP) is 2.56. The van der Waals surface area contributed by atoms with Crippen LogP contribution in [0.3, 0.4) is 0 Å². The summed E-state index contributed by atoms with van der Waals surface area (Å²) in [5.74, 6) is 0.780. The molecule has 2 rings (SSSR count). The van der Waals surface area contributed by atoms with Crippen molar-refractivity contribution < 1.29 is 0 Å². The maximum Gasteiger partial charge on any atom is 0.0301 e. The average molecular weight is 200 g/mol. The Bertz CT molecular complexity index is 401. The molecular formula is C13H16N2. The third kappa shape index (κ3) is 2.27. The third-order valence-corrected chi connectivity index (χ3v) is 2.72. The molecule has 0 amide bonds. The molecule has 0 bridgehead atoms. The number of aliphatic imine (C=N–C) groups is 1. The summed E-state index contributed by atoms with van der Waals surface area (Å²) in [7, 11) is 1.76. The average Bonchev–Trinajstić information content (AvgIpc) is 3.10. The first kappa shape index (κ1) is 9.97. The minimum Gasteiger partial charge on any atom is -0.404 e. The molecule has 0 atom stereocenters. The topological polar surface area (TPSA) is 38.4 Å². The molecule has 1 aliphatic rings. The van der Waals surface area contributed by atoms with Crippen molar-refractivity contribution in [1.82, 2.24) is 0 Å². The molecule has 15 heavy (non-hydrogen) atoms. The summed E-state index contributed by atoms with van der Waals surface area (Å²) in [6.45, 7) is 0. The zero-order valence-electron chi connectivity index (χ0n) is 8.98. The second-order valence-corrected chi connectivity index (χ2v) is 3.91. The molecule has 1 aromatic rings. The standard InChI is InChI=1S/C13H16N2/c1-15-9-13(8-14)12-4-2-3-11(7-12)10-5-6-10/h2-4,7-10H,5-6,14H2,1H3/b13-8+,15-9?. The van der Waals surface area contributed by atoms with Gasteiger partial charge in [-0.05, 0) is 29.9 Å². The number of hydrogen-bond donors (Lipinski definition) is 1. The molecule has 78 valence electrons. The molecule has 0 radical (unpaired) electrons. The SMILES string of the molecule is CN=C/C(=C\N)c1cccc(C2CC2)c1. The van der Waals surface area contributed by atoms with Crippen LogP contribution in [0.5, 0.6) is 0 Å². The van der Waals surface area contributed by atoms with Crippen LogP contribution in [-0.2, 0) is 0 Å². The Hall–Kier alpha value is -1.57. The van der Waals surface area contributed by atoms with Crippen LogP contribution in [0.2, 0.25) is 0 Å². The van der Waals surface area contributed by atoms with Crippen molar-refractivity contribution in [2.75, 3.05) is 7.05 Å². The first-order valence-corrected chi connectivity index (χ1v) is 5.29. The quantitative estimate of drug-likeness (QED) is 0.748. The second kappa shape index (κ2) is 4.30. The summed E-state index contributed by atoms with van der Waals surface area (Å²) in [6.07, 6.45) is 6.06. The van der Waals surface area contributed by atoms with Crippen LogP contribution < -0.4 is 5.73 Å². The molecule has 2 heteroatoms. The van der Waals surface area contributed by atoms with Crippen molar-refractivity contribution in [2.24, 2.45) is 10.7 Å². The molecule has 0 heterocycles. The summed E-state index contributed by atoms with van der Waals surface area (Å²) < 4.78 is 0. The van der Waals surface area contributed by atoms with Gasteiger partial charge in [-0.25, -0.2) is 0 Å². The zero-order valence-corrected chi connectivity index (χ0v) is 8.98. The van der Waals surface area contributed by atoms with Gasteiger partial charge >= 0.3 is 0 Å². The Kier molecular flexibility index (Phi) is 2.86. The predicted molar refractivity (Wildman–Crippen MR) is 65.0 cm³/mol. The maximum absolute atomic E-state index is 5.58. The van der Waals surface area contributed by atoms with Crippen molar-refractivity contribution in [2.45, 2.75) is 18.8 Å². The van der Waals surface area contributed by atoms with Crippen molar-refractivity contribution in [3.63, 3.8) is 0 Å². The smallest absolute Gasteiger partial charge is 0.0301 e. The van der Waals surface area contributed by atoms with E-state index in [2.05, 4.69) is 29.3 Å². The highest BCUT2D eigenvalue weighted by Gasteiger charge is 2.23. The van der Waals surface area contributed by atoms with E-state index in [0.717, 1.165) is 17.1 Å². The highest BCUT2D eigenvalue weighted by Crippen LogP contribution is 2.40. The van der Waals surface area contributed by atoms with Crippen LogP contribution in [0.15, 0.2) is 35.5 Å². The van der Waals surface area contributed by atoms with E-state index in [4.69, 9.17) is 5.73 Å². The number of allylic oxidation sites excluding steroid dienone is 1. The number of benzene rings is 1. The van der Waals surface area contributed by atoms with Gasteiger partial charge in [0, 0.05) is 25.0 Å². The molecule has 1 fully saturated rings. The van der Waals surface area contributed by atoms with E-state index in [9.17, 15) is 0 Å². The summed E-state index contributed by atoms with van der Waals surface area (Å²) in [6, 6.07) is 8.58. The Labute approximate surface area is 90.5 Å². The molecular weight excluding hydrogens is 184 g/mol. The molecule has 0 aliphatic heterocycles. The molecule has 2 N–H and O–H groups in total. The van der Waals surface area contributed by atoms with Crippen molar-refractivity contribution in [3.8, 4) is 0 Å². The summed E-state index contributed by atoms with van der Waals surface area (Å²) in [5.41, 5.74) is 9.15. The molecule has 1 saturated carbocycles. The Balaban J connectivity index is 2.30. The van der Waals surface area contributed by atoms with Crippen molar-refractivity contribution in [1.29, 1.82) is 0 Å². The van der Waals surface area contributed by atoms with Crippen LogP contribution in [0, 0.1) is 0 Å². The lowest BCUT2D eigenvalue weighted by molar-refractivity contribution is 1.13. The second-order valence-electron chi connectivity index (χ2n) is 3.91. The third-order valence-electron chi connectivity index (χ3n) is 2.72. The molecule has 1 aliphatic carbocycles. The largest absolute Gasteiger partial charge is 0.404 e. The fourth-order valence-corrected chi connectivity index (χ4v) is 1.74. The number of hydrogen-bond acceptors (Lipinski definition) is 2. The lowest BCUT2D eigenvalue weighted by Crippen LogP contribution is -1.92. The van der Waals surface area contributed by atoms with Gasteiger partial charge in [-0.3, -0.25) is 4.99 Å². The number of rotatable bonds is 3. The molecule has 0 aromatic heterocycles. The van der Waals surface area contributed by atoms with Crippen LogP contribution in [0.4, 0.5) is 0 Å². The fraction of sp³-hybridized carbons (Fsp3) is 0.308. The van der Waals surface area contributed by atoms with Gasteiger partial charge in [-0.2, -0.15) is 0 Å². The van der Waals surface area contributed by atoms with Gasteiger partial charge in [-0.15, -0.1) is 0 Å². The lowest BCUT2D eigenvalue weighted by atomic mass is 10.0. The van der Waals surface area contributed by atoms with Gasteiger partial charge < -0.3 is 5.73 Å². The van der Waals surface area contributed by atoms with E-state index >= 15 is 0 Å². The maximum atomic E-state index is 5.58. The minimum absolute atomic E-state index is 0.780. The summed E-state index contributed by atoms with van der Waals surface area (Å²) in [5, 5.41) is 0. The van der Waals surface area contributed by atoms with Gasteiger partial charge in [0.1, 0.15) is 0 Å². The summed E-state index contributed by atoms with van der Waals surface area (Å²) >= 11 is 0. The van der Waals surface area contributed by atoms with Crippen LogP contribution >= 0.6 is 0 Å². The first-order valence-electron chi connectivity index (χ1n) is 5.29. The van der Waals surface area contributed by atoms with Crippen LogP contribution in [0.1, 0.15) is 29.9 Å². The van der Waals surface area contributed by atoms with E-state index in [-0.39, 0.29) is 0 Å². The highest BCUT2D eigenvalue weighted by molar-refractivity contribution is 6.09. The molecule has 1 aromatic carbocycles. The number of nitrogens with two attached hydrogens (primary N) is 1. The summed E-state index contributed by atoms with van der Waals surface area (Å²) in [4.78, 5) is 4.00. The van der Waals surface area contributed by atoms with Crippen molar-refractivity contribution >= 4 is 11.8 Å². The van der Waals surface area contributed by atoms with E-state index in [1.165, 1.54) is 18.4 Å². The minimum atomic E-state index is 0.780. The lowest BCUT2D eigenvalue weighted by Gasteiger charge is -2.04. The molecule has 0 saturated heterocycles. The van der Waals surface area contributed by atoms with E-state index in [1.807, 2.05) is 0 Å². The van der Waals surface area contributed by atoms with Crippen LogP contribution in [0.25, 0.3) is 5.57 Å². The van der Waals surface area contributed by atoms with Gasteiger partial charge in [0.25, 0.3) is 0 Å². The Morgan fingerprint density at radius 2 is 2.27 bits per heavy atom. The van der Waals surface area contributed by atoms with Gasteiger partial charge in [0.15, 0.2) is 0 Å². The first-order chi connectivity index (χ1) is 7.35. The van der Waals surface area contributed by atoms with E-state index < -0.39 is 0 Å². The van der Waals surface area contributed by atoms with Crippen LogP contribution in [-0.4, -0.2) is 13.3 Å². The van der Waals surface area contributed by atoms with Gasteiger partial charge in [0.05, 0.1) is 0 Å². The van der Waals surface area contributed by atoms with E-state index in [0.29, 0.717) is 0 Å². The molecule has 0 spiro atoms. The van der Waals surface area contributed by atoms with Crippen molar-refractivity contribution in [3.05, 3.63) is 41.6 Å². The Morgan fingerprint density at radius 3 is 2.87 bits per heavy atom. The van der Waals surface area contributed by atoms with Gasteiger partial charge in [0.2, 0.25) is 0 Å². The zero-order chi connectivity index (χ0) is 10.7. The highest BCUT2D eigenvalue weighted by atomic mass is 14.6. The van der Waals surface area contributed by atoms with Gasteiger partial charge in [-0.1, -0.05) is 24.3 Å². The Morgan fingerprint density at radius 1 is 1.47 bits per heavy atom. The fourth-order valence-electron chi connectivity index (χ4n) is 1.74.